The topological polar surface area (TPSA) is 188 Å². The van der Waals surface area contributed by atoms with Crippen LogP contribution in [0.5, 0.6) is 0 Å². The van der Waals surface area contributed by atoms with Gasteiger partial charge in [0.05, 0.1) is 45.2 Å². The maximum atomic E-state index is 15.5. The Morgan fingerprint density at radius 1 is 0.887 bits per heavy atom. The summed E-state index contributed by atoms with van der Waals surface area (Å²) in [5, 5.41) is 14.9. The van der Waals surface area contributed by atoms with Gasteiger partial charge in [0.2, 0.25) is 17.8 Å². The average molecular weight is 864 g/mol. The number of pyridine rings is 1. The van der Waals surface area contributed by atoms with E-state index in [1.807, 2.05) is 11.0 Å². The van der Waals surface area contributed by atoms with Crippen LogP contribution in [0, 0.1) is 29.0 Å². The summed E-state index contributed by atoms with van der Waals surface area (Å²) in [5.41, 5.74) is 2.97. The predicted octanol–water partition coefficient (Wildman–Crippen LogP) is 4.06. The molecule has 2 aromatic heterocycles. The molecule has 62 heavy (non-hydrogen) atoms. The first-order valence-corrected chi connectivity index (χ1v) is 20.9. The second-order valence-electron chi connectivity index (χ2n) is 16.1. The number of anilines is 4. The minimum Gasteiger partial charge on any atom is -0.367 e. The van der Waals surface area contributed by atoms with Gasteiger partial charge in [-0.05, 0) is 74.1 Å². The zero-order valence-corrected chi connectivity index (χ0v) is 34.1. The fourth-order valence-electron chi connectivity index (χ4n) is 9.01. The van der Waals surface area contributed by atoms with Crippen molar-refractivity contribution in [3.05, 3.63) is 99.1 Å². The average Bonchev–Trinajstić information content (AvgIpc) is 3.50. The Morgan fingerprint density at radius 3 is 2.35 bits per heavy atom. The van der Waals surface area contributed by atoms with Crippen LogP contribution >= 0.6 is 11.6 Å². The number of aromatic nitrogens is 3. The zero-order valence-electron chi connectivity index (χ0n) is 33.4. The van der Waals surface area contributed by atoms with E-state index < -0.39 is 47.3 Å². The molecule has 5 aliphatic heterocycles. The standard InChI is InChI=1S/C43H40ClF2N11O5/c44-31-17-26(2-1-25(31)20-47)56-12-9-27-33(22-56)48-23-49-39(27)51-36-5-3-28(38(46)50-36)41(60)55-10-7-24(8-11-55)21-53-13-15-54(16-14-53)35-19-30-29(18-32(35)45)42(61)57(43(30)62)34-4-6-37(58)52-40(34)59/h1-3,5,17-19,23-24,34H,4,6-16,21-22H2,(H,52,58,59)(H,48,49,50,51). The molecule has 0 spiro atoms. The number of fused-ring (bicyclic) bond motifs is 2. The lowest BCUT2D eigenvalue weighted by molar-refractivity contribution is -0.136. The number of amides is 5. The summed E-state index contributed by atoms with van der Waals surface area (Å²) in [6.45, 7) is 5.06. The molecule has 5 amide bonds. The Bertz CT molecular complexity index is 2570. The van der Waals surface area contributed by atoms with Gasteiger partial charge >= 0.3 is 0 Å². The van der Waals surface area contributed by atoms with Crippen molar-refractivity contribution in [3.8, 4) is 6.07 Å². The highest BCUT2D eigenvalue weighted by atomic mass is 35.5. The fraction of sp³-hybridized carbons (Fsp3) is 0.372. The van der Waals surface area contributed by atoms with Crippen LogP contribution in [0.1, 0.15) is 73.6 Å². The first kappa shape index (κ1) is 40.8. The summed E-state index contributed by atoms with van der Waals surface area (Å²) >= 11 is 6.27. The number of hydrogen-bond donors (Lipinski definition) is 2. The molecule has 3 fully saturated rings. The molecule has 0 saturated carbocycles. The Kier molecular flexibility index (Phi) is 11.0. The van der Waals surface area contributed by atoms with Gasteiger partial charge in [0.25, 0.3) is 17.7 Å². The maximum Gasteiger partial charge on any atom is 0.262 e. The first-order valence-electron chi connectivity index (χ1n) is 20.5. The van der Waals surface area contributed by atoms with Crippen molar-refractivity contribution in [2.75, 3.05) is 67.5 Å². The Hall–Kier alpha value is -6.58. The van der Waals surface area contributed by atoms with Crippen LogP contribution < -0.4 is 20.4 Å². The highest BCUT2D eigenvalue weighted by molar-refractivity contribution is 6.32. The summed E-state index contributed by atoms with van der Waals surface area (Å²) in [6, 6.07) is 11.7. The van der Waals surface area contributed by atoms with Crippen LogP contribution in [0.25, 0.3) is 0 Å². The molecule has 4 aromatic rings. The molecule has 7 heterocycles. The van der Waals surface area contributed by atoms with Gasteiger partial charge in [-0.3, -0.25) is 39.1 Å². The fourth-order valence-corrected chi connectivity index (χ4v) is 9.22. The van der Waals surface area contributed by atoms with E-state index >= 15 is 8.78 Å². The quantitative estimate of drug-likeness (QED) is 0.191. The van der Waals surface area contributed by atoms with E-state index in [0.29, 0.717) is 81.1 Å². The lowest BCUT2D eigenvalue weighted by Gasteiger charge is -2.39. The molecular weight excluding hydrogens is 824 g/mol. The number of nitrogens with zero attached hydrogens (tertiary/aromatic N) is 9. The summed E-state index contributed by atoms with van der Waals surface area (Å²) in [5.74, 6) is -3.56. The number of likely N-dealkylation sites (tertiary alicyclic amines) is 1. The number of nitriles is 1. The monoisotopic (exact) mass is 863 g/mol. The third-order valence-corrected chi connectivity index (χ3v) is 12.7. The number of carbonyl (C=O) groups is 5. The van der Waals surface area contributed by atoms with Crippen molar-refractivity contribution in [2.24, 2.45) is 5.92 Å². The normalized spacial score (nSPS) is 19.6. The lowest BCUT2D eigenvalue weighted by atomic mass is 9.95. The zero-order chi connectivity index (χ0) is 43.2. The van der Waals surface area contributed by atoms with Crippen LogP contribution in [0.2, 0.25) is 5.02 Å². The number of piperazine rings is 1. The third-order valence-electron chi connectivity index (χ3n) is 12.4. The van der Waals surface area contributed by atoms with Crippen LogP contribution in [0.3, 0.4) is 0 Å². The van der Waals surface area contributed by atoms with Gasteiger partial charge in [0, 0.05) is 70.0 Å². The Balaban J connectivity index is 0.758. The van der Waals surface area contributed by atoms with E-state index in [1.165, 1.54) is 18.5 Å². The summed E-state index contributed by atoms with van der Waals surface area (Å²) in [6.07, 6.45) is 3.50. The molecule has 3 saturated heterocycles. The smallest absolute Gasteiger partial charge is 0.262 e. The highest BCUT2D eigenvalue weighted by Gasteiger charge is 2.45. The van der Waals surface area contributed by atoms with Crippen molar-refractivity contribution < 1.29 is 32.8 Å². The van der Waals surface area contributed by atoms with E-state index in [4.69, 9.17) is 11.6 Å². The number of piperidine rings is 2. The molecule has 2 aromatic carbocycles. The minimum absolute atomic E-state index is 0.00712. The first-order chi connectivity index (χ1) is 29.9. The van der Waals surface area contributed by atoms with E-state index in [9.17, 15) is 29.2 Å². The SMILES string of the molecule is N#Cc1ccc(N2CCc3c(ncnc3Nc3ccc(C(=O)N4CCC(CN5CCN(c6cc7c(cc6F)C(=O)N(C6CCC(=O)NC6=O)C7=O)CC5)CC4)c(F)n3)C2)cc1Cl. The summed E-state index contributed by atoms with van der Waals surface area (Å²) < 4.78 is 30.9. The largest absolute Gasteiger partial charge is 0.367 e. The molecule has 2 N–H and O–H groups in total. The summed E-state index contributed by atoms with van der Waals surface area (Å²) in [7, 11) is 0. The van der Waals surface area contributed by atoms with Gasteiger partial charge in [-0.2, -0.15) is 9.65 Å². The van der Waals surface area contributed by atoms with Crippen LogP contribution in [-0.2, 0) is 22.6 Å². The maximum absolute atomic E-state index is 15.5. The minimum atomic E-state index is -1.13. The molecule has 1 unspecified atom stereocenters. The molecular formula is C43H40ClF2N11O5. The van der Waals surface area contributed by atoms with E-state index in [0.717, 1.165) is 47.3 Å². The molecule has 19 heteroatoms. The molecule has 318 valence electrons. The van der Waals surface area contributed by atoms with Crippen LogP contribution in [0.15, 0.2) is 48.8 Å². The number of nitrogens with one attached hydrogen (secondary N) is 2. The predicted molar refractivity (Wildman–Crippen MR) is 221 cm³/mol. The molecule has 0 radical (unpaired) electrons. The number of imide groups is 2. The van der Waals surface area contributed by atoms with Gasteiger partial charge in [0.15, 0.2) is 0 Å². The van der Waals surface area contributed by atoms with Gasteiger partial charge in [0.1, 0.15) is 35.9 Å². The molecule has 5 aliphatic rings. The second-order valence-corrected chi connectivity index (χ2v) is 16.5. The van der Waals surface area contributed by atoms with Gasteiger partial charge in [-0.1, -0.05) is 11.6 Å². The molecule has 1 atom stereocenters. The number of hydrogen-bond acceptors (Lipinski definition) is 13. The number of rotatable bonds is 8. The van der Waals surface area contributed by atoms with E-state index in [1.54, 1.807) is 23.1 Å². The van der Waals surface area contributed by atoms with Crippen molar-refractivity contribution in [1.82, 2.24) is 35.0 Å². The van der Waals surface area contributed by atoms with Crippen molar-refractivity contribution in [2.45, 2.75) is 44.7 Å². The van der Waals surface area contributed by atoms with Gasteiger partial charge in [-0.15, -0.1) is 0 Å². The number of carbonyl (C=O) groups excluding carboxylic acids is 5. The second kappa shape index (κ2) is 16.7. The molecule has 0 bridgehead atoms. The highest BCUT2D eigenvalue weighted by Crippen LogP contribution is 2.34. The van der Waals surface area contributed by atoms with Crippen molar-refractivity contribution in [1.29, 1.82) is 5.26 Å². The molecule has 16 nitrogen and oxygen atoms in total. The third kappa shape index (κ3) is 7.77. The Morgan fingerprint density at radius 2 is 1.65 bits per heavy atom. The van der Waals surface area contributed by atoms with E-state index in [2.05, 4.69) is 41.5 Å². The molecule has 0 aliphatic carbocycles. The van der Waals surface area contributed by atoms with Crippen molar-refractivity contribution in [3.63, 3.8) is 0 Å². The van der Waals surface area contributed by atoms with E-state index in [-0.39, 0.29) is 41.0 Å². The summed E-state index contributed by atoms with van der Waals surface area (Å²) in [4.78, 5) is 85.6. The van der Waals surface area contributed by atoms with Crippen LogP contribution in [-0.4, -0.2) is 118 Å². The van der Waals surface area contributed by atoms with Gasteiger partial charge < -0.3 is 20.0 Å². The number of halogens is 3. The van der Waals surface area contributed by atoms with Crippen molar-refractivity contribution >= 4 is 64.1 Å². The van der Waals surface area contributed by atoms with Gasteiger partial charge in [-0.25, -0.2) is 19.3 Å². The lowest BCUT2D eigenvalue weighted by Crippen LogP contribution is -2.54. The number of benzene rings is 2. The Labute approximate surface area is 359 Å². The van der Waals surface area contributed by atoms with Crippen LogP contribution in [0.4, 0.5) is 31.8 Å². The molecule has 9 rings (SSSR count).